The highest BCUT2D eigenvalue weighted by atomic mass is 16.2. The van der Waals surface area contributed by atoms with Crippen LogP contribution in [-0.2, 0) is 19.4 Å². The number of anilines is 1. The molecule has 5 nitrogen and oxygen atoms in total. The summed E-state index contributed by atoms with van der Waals surface area (Å²) < 4.78 is 1.63. The van der Waals surface area contributed by atoms with Gasteiger partial charge in [-0.25, -0.2) is 0 Å². The molecule has 0 atom stereocenters. The first kappa shape index (κ1) is 12.7. The van der Waals surface area contributed by atoms with Crippen molar-refractivity contribution in [3.8, 4) is 0 Å². The first-order chi connectivity index (χ1) is 9.69. The zero-order valence-electron chi connectivity index (χ0n) is 11.5. The maximum atomic E-state index is 12.4. The van der Waals surface area contributed by atoms with E-state index in [1.165, 1.54) is 17.3 Å². The second-order valence-electron chi connectivity index (χ2n) is 5.11. The summed E-state index contributed by atoms with van der Waals surface area (Å²) in [5.74, 6) is -0.139. The van der Waals surface area contributed by atoms with E-state index in [0.717, 1.165) is 12.8 Å². The van der Waals surface area contributed by atoms with Crippen LogP contribution in [0.5, 0.6) is 0 Å². The van der Waals surface area contributed by atoms with Gasteiger partial charge in [0, 0.05) is 12.6 Å². The van der Waals surface area contributed by atoms with Crippen LogP contribution >= 0.6 is 0 Å². The Hall–Kier alpha value is -2.30. The molecule has 1 heterocycles. The Morgan fingerprint density at radius 3 is 2.65 bits per heavy atom. The van der Waals surface area contributed by atoms with E-state index in [1.54, 1.807) is 4.68 Å². The summed E-state index contributed by atoms with van der Waals surface area (Å²) in [6.45, 7) is 2.57. The SMILES string of the molecule is CCn1ncc(N)c1C(=O)NC1Cc2ccccc2C1. The van der Waals surface area contributed by atoms with Crippen LogP contribution in [0.3, 0.4) is 0 Å². The summed E-state index contributed by atoms with van der Waals surface area (Å²) in [7, 11) is 0. The fourth-order valence-electron chi connectivity index (χ4n) is 2.80. The van der Waals surface area contributed by atoms with Crippen molar-refractivity contribution in [1.82, 2.24) is 15.1 Å². The number of nitrogens with zero attached hydrogens (tertiary/aromatic N) is 2. The van der Waals surface area contributed by atoms with E-state index >= 15 is 0 Å². The number of carbonyl (C=O) groups excluding carboxylic acids is 1. The fourth-order valence-corrected chi connectivity index (χ4v) is 2.80. The van der Waals surface area contributed by atoms with E-state index in [-0.39, 0.29) is 11.9 Å². The van der Waals surface area contributed by atoms with Crippen molar-refractivity contribution in [3.05, 3.63) is 47.3 Å². The number of benzene rings is 1. The van der Waals surface area contributed by atoms with Crippen LogP contribution in [0.2, 0.25) is 0 Å². The van der Waals surface area contributed by atoms with Gasteiger partial charge in [-0.15, -0.1) is 0 Å². The van der Waals surface area contributed by atoms with Gasteiger partial charge < -0.3 is 11.1 Å². The number of nitrogens with two attached hydrogens (primary N) is 1. The number of fused-ring (bicyclic) bond motifs is 1. The van der Waals surface area contributed by atoms with Crippen LogP contribution in [0.15, 0.2) is 30.5 Å². The van der Waals surface area contributed by atoms with E-state index in [2.05, 4.69) is 22.5 Å². The van der Waals surface area contributed by atoms with E-state index in [9.17, 15) is 4.79 Å². The summed E-state index contributed by atoms with van der Waals surface area (Å²) in [6.07, 6.45) is 3.28. The van der Waals surface area contributed by atoms with E-state index in [0.29, 0.717) is 17.9 Å². The van der Waals surface area contributed by atoms with Gasteiger partial charge >= 0.3 is 0 Å². The molecule has 3 N–H and O–H groups in total. The topological polar surface area (TPSA) is 72.9 Å². The molecule has 0 fully saturated rings. The van der Waals surface area contributed by atoms with E-state index in [1.807, 2.05) is 19.1 Å². The number of carbonyl (C=O) groups is 1. The maximum absolute atomic E-state index is 12.4. The Morgan fingerprint density at radius 2 is 2.05 bits per heavy atom. The normalized spacial score (nSPS) is 14.2. The maximum Gasteiger partial charge on any atom is 0.271 e. The molecule has 0 aliphatic heterocycles. The zero-order valence-corrected chi connectivity index (χ0v) is 11.5. The molecular formula is C15H18N4O. The molecule has 1 aliphatic rings. The number of nitrogens with one attached hydrogen (secondary N) is 1. The van der Waals surface area contributed by atoms with Gasteiger partial charge in [-0.05, 0) is 30.9 Å². The molecular weight excluding hydrogens is 252 g/mol. The summed E-state index contributed by atoms with van der Waals surface area (Å²) in [4.78, 5) is 12.4. The van der Waals surface area contributed by atoms with Crippen molar-refractivity contribution in [2.24, 2.45) is 0 Å². The predicted molar refractivity (Wildman–Crippen MR) is 77.4 cm³/mol. The lowest BCUT2D eigenvalue weighted by Crippen LogP contribution is -2.36. The Balaban J connectivity index is 1.74. The Labute approximate surface area is 117 Å². The van der Waals surface area contributed by atoms with Gasteiger partial charge in [-0.1, -0.05) is 24.3 Å². The van der Waals surface area contributed by atoms with Gasteiger partial charge in [0.25, 0.3) is 5.91 Å². The lowest BCUT2D eigenvalue weighted by molar-refractivity contribution is 0.0929. The van der Waals surface area contributed by atoms with Gasteiger partial charge in [-0.2, -0.15) is 5.10 Å². The smallest absolute Gasteiger partial charge is 0.271 e. The van der Waals surface area contributed by atoms with Crippen molar-refractivity contribution in [2.75, 3.05) is 5.73 Å². The molecule has 1 aromatic carbocycles. The summed E-state index contributed by atoms with van der Waals surface area (Å²) in [5, 5.41) is 7.16. The van der Waals surface area contributed by atoms with Crippen LogP contribution < -0.4 is 11.1 Å². The number of amides is 1. The van der Waals surface area contributed by atoms with Crippen molar-refractivity contribution >= 4 is 11.6 Å². The van der Waals surface area contributed by atoms with Gasteiger partial charge in [0.15, 0.2) is 0 Å². The molecule has 0 unspecified atom stereocenters. The minimum atomic E-state index is -0.139. The molecule has 0 spiro atoms. The quantitative estimate of drug-likeness (QED) is 0.885. The molecule has 1 aliphatic carbocycles. The molecule has 0 saturated carbocycles. The number of aryl methyl sites for hydroxylation is 1. The van der Waals surface area contributed by atoms with Crippen LogP contribution in [0.25, 0.3) is 0 Å². The van der Waals surface area contributed by atoms with Gasteiger partial charge in [0.2, 0.25) is 0 Å². The molecule has 20 heavy (non-hydrogen) atoms. The fraction of sp³-hybridized carbons (Fsp3) is 0.333. The molecule has 1 amide bonds. The lowest BCUT2D eigenvalue weighted by atomic mass is 10.1. The second-order valence-corrected chi connectivity index (χ2v) is 5.11. The zero-order chi connectivity index (χ0) is 14.1. The average Bonchev–Trinajstić information content (AvgIpc) is 3.00. The standard InChI is InChI=1S/C15H18N4O/c1-2-19-14(13(16)9-17-19)15(20)18-12-7-10-5-3-4-6-11(10)8-12/h3-6,9,12H,2,7-8,16H2,1H3,(H,18,20). The van der Waals surface area contributed by atoms with E-state index in [4.69, 9.17) is 5.73 Å². The van der Waals surface area contributed by atoms with Crippen molar-refractivity contribution in [3.63, 3.8) is 0 Å². The third-order valence-electron chi connectivity index (χ3n) is 3.77. The van der Waals surface area contributed by atoms with Crippen LogP contribution in [0.4, 0.5) is 5.69 Å². The number of aromatic nitrogens is 2. The lowest BCUT2D eigenvalue weighted by Gasteiger charge is -2.13. The third-order valence-corrected chi connectivity index (χ3v) is 3.77. The number of hydrogen-bond donors (Lipinski definition) is 2. The monoisotopic (exact) mass is 270 g/mol. The highest BCUT2D eigenvalue weighted by Crippen LogP contribution is 2.22. The van der Waals surface area contributed by atoms with Gasteiger partial charge in [0.1, 0.15) is 5.69 Å². The van der Waals surface area contributed by atoms with E-state index < -0.39 is 0 Å². The van der Waals surface area contributed by atoms with Crippen LogP contribution in [0.1, 0.15) is 28.5 Å². The molecule has 2 aromatic rings. The number of nitrogen functional groups attached to an aromatic ring is 1. The molecule has 0 bridgehead atoms. The van der Waals surface area contributed by atoms with Crippen LogP contribution in [0, 0.1) is 0 Å². The van der Waals surface area contributed by atoms with Crippen molar-refractivity contribution in [1.29, 1.82) is 0 Å². The first-order valence-corrected chi connectivity index (χ1v) is 6.88. The number of hydrogen-bond acceptors (Lipinski definition) is 3. The average molecular weight is 270 g/mol. The Morgan fingerprint density at radius 1 is 1.40 bits per heavy atom. The van der Waals surface area contributed by atoms with Crippen molar-refractivity contribution < 1.29 is 4.79 Å². The predicted octanol–water partition coefficient (Wildman–Crippen LogP) is 1.38. The minimum absolute atomic E-state index is 0.138. The number of rotatable bonds is 3. The summed E-state index contributed by atoms with van der Waals surface area (Å²) in [6, 6.07) is 8.44. The summed E-state index contributed by atoms with van der Waals surface area (Å²) in [5.41, 5.74) is 9.35. The molecule has 1 aromatic heterocycles. The second kappa shape index (κ2) is 5.00. The molecule has 3 rings (SSSR count). The molecule has 104 valence electrons. The highest BCUT2D eigenvalue weighted by molar-refractivity contribution is 5.97. The highest BCUT2D eigenvalue weighted by Gasteiger charge is 2.25. The van der Waals surface area contributed by atoms with Crippen molar-refractivity contribution in [2.45, 2.75) is 32.4 Å². The Kier molecular flexibility index (Phi) is 3.18. The molecule has 0 saturated heterocycles. The Bertz CT molecular complexity index is 622. The van der Waals surface area contributed by atoms with Gasteiger partial charge in [-0.3, -0.25) is 9.48 Å². The molecule has 5 heteroatoms. The first-order valence-electron chi connectivity index (χ1n) is 6.88. The molecule has 0 radical (unpaired) electrons. The van der Waals surface area contributed by atoms with Gasteiger partial charge in [0.05, 0.1) is 11.9 Å². The van der Waals surface area contributed by atoms with Crippen LogP contribution in [-0.4, -0.2) is 21.7 Å². The largest absolute Gasteiger partial charge is 0.396 e. The third kappa shape index (κ3) is 2.15. The minimum Gasteiger partial charge on any atom is -0.396 e. The summed E-state index contributed by atoms with van der Waals surface area (Å²) >= 11 is 0.